The van der Waals surface area contributed by atoms with Crippen LogP contribution in [0, 0.1) is 11.3 Å². The number of carbonyl (C=O) groups is 1. The number of phenolic OH excluding ortho intramolecular Hbond substituents is 1. The predicted molar refractivity (Wildman–Crippen MR) is 89.5 cm³/mol. The molecule has 0 aliphatic rings. The summed E-state index contributed by atoms with van der Waals surface area (Å²) in [4.78, 5) is 12.1. The minimum absolute atomic E-state index is 0.0101. The molecule has 0 heterocycles. The molecule has 4 nitrogen and oxygen atoms in total. The fraction of sp³-hybridized carbons (Fsp3) is 0.0588. The van der Waals surface area contributed by atoms with E-state index in [-0.39, 0.29) is 17.0 Å². The summed E-state index contributed by atoms with van der Waals surface area (Å²) in [5.41, 5.74) is -0.821. The molecule has 0 atom stereocenters. The monoisotopic (exact) mass is 410 g/mol. The van der Waals surface area contributed by atoms with Gasteiger partial charge in [0, 0.05) is 5.69 Å². The first-order valence-electron chi connectivity index (χ1n) is 6.79. The molecular weight excluding hydrogens is 401 g/mol. The number of benzene rings is 2. The number of aromatic hydroxyl groups is 1. The van der Waals surface area contributed by atoms with Crippen molar-refractivity contribution in [2.75, 3.05) is 5.32 Å². The van der Waals surface area contributed by atoms with Crippen LogP contribution in [0.5, 0.6) is 5.75 Å². The summed E-state index contributed by atoms with van der Waals surface area (Å²) in [7, 11) is 0. The number of phenols is 1. The van der Waals surface area contributed by atoms with Crippen molar-refractivity contribution >= 4 is 33.6 Å². The molecule has 2 aromatic rings. The van der Waals surface area contributed by atoms with E-state index in [1.807, 2.05) is 0 Å². The van der Waals surface area contributed by atoms with Crippen LogP contribution in [0.4, 0.5) is 18.9 Å². The maximum absolute atomic E-state index is 12.7. The smallest absolute Gasteiger partial charge is 0.416 e. The van der Waals surface area contributed by atoms with Crippen LogP contribution in [0.2, 0.25) is 0 Å². The maximum atomic E-state index is 12.7. The lowest BCUT2D eigenvalue weighted by Gasteiger charge is -2.09. The van der Waals surface area contributed by atoms with Gasteiger partial charge in [0.05, 0.1) is 10.0 Å². The Morgan fingerprint density at radius 2 is 1.96 bits per heavy atom. The van der Waals surface area contributed by atoms with Crippen LogP contribution < -0.4 is 5.32 Å². The van der Waals surface area contributed by atoms with Gasteiger partial charge in [0.25, 0.3) is 5.91 Å². The van der Waals surface area contributed by atoms with E-state index in [2.05, 4.69) is 21.2 Å². The van der Waals surface area contributed by atoms with Crippen molar-refractivity contribution in [1.29, 1.82) is 5.26 Å². The average molecular weight is 411 g/mol. The number of anilines is 1. The fourth-order valence-electron chi connectivity index (χ4n) is 1.90. The largest absolute Gasteiger partial charge is 0.507 e. The van der Waals surface area contributed by atoms with Gasteiger partial charge in [0.2, 0.25) is 0 Å². The molecule has 8 heteroatoms. The highest BCUT2D eigenvalue weighted by atomic mass is 79.9. The third-order valence-electron chi connectivity index (χ3n) is 3.10. The van der Waals surface area contributed by atoms with Crippen molar-refractivity contribution in [3.8, 4) is 11.8 Å². The van der Waals surface area contributed by atoms with Crippen molar-refractivity contribution in [2.45, 2.75) is 6.18 Å². The van der Waals surface area contributed by atoms with E-state index in [9.17, 15) is 23.1 Å². The maximum Gasteiger partial charge on any atom is 0.416 e. The van der Waals surface area contributed by atoms with E-state index in [0.29, 0.717) is 10.0 Å². The van der Waals surface area contributed by atoms with E-state index in [1.54, 1.807) is 6.07 Å². The SMILES string of the molecule is N#CC(=Cc1ccc(O)c(Br)c1)C(=O)Nc1cccc(C(F)(F)F)c1. The molecule has 0 saturated heterocycles. The molecule has 0 aromatic heterocycles. The van der Waals surface area contributed by atoms with Crippen LogP contribution in [-0.2, 0) is 11.0 Å². The van der Waals surface area contributed by atoms with Crippen molar-refractivity contribution in [2.24, 2.45) is 0 Å². The molecule has 0 saturated carbocycles. The highest BCUT2D eigenvalue weighted by Crippen LogP contribution is 2.31. The molecular formula is C17H10BrF3N2O2. The van der Waals surface area contributed by atoms with Crippen LogP contribution in [0.25, 0.3) is 6.08 Å². The molecule has 128 valence electrons. The third-order valence-corrected chi connectivity index (χ3v) is 3.73. The summed E-state index contributed by atoms with van der Waals surface area (Å²) < 4.78 is 38.4. The molecule has 1 amide bonds. The number of hydrogen-bond donors (Lipinski definition) is 2. The zero-order chi connectivity index (χ0) is 18.6. The number of alkyl halides is 3. The van der Waals surface area contributed by atoms with Crippen molar-refractivity contribution < 1.29 is 23.1 Å². The van der Waals surface area contributed by atoms with Gasteiger partial charge in [0.1, 0.15) is 17.4 Å². The Balaban J connectivity index is 2.25. The number of halogens is 4. The Kier molecular flexibility index (Phi) is 5.49. The molecule has 0 fully saturated rings. The van der Waals surface area contributed by atoms with Gasteiger partial charge in [-0.15, -0.1) is 0 Å². The molecule has 0 spiro atoms. The molecule has 0 radical (unpaired) electrons. The van der Waals surface area contributed by atoms with Crippen LogP contribution in [0.1, 0.15) is 11.1 Å². The second-order valence-corrected chi connectivity index (χ2v) is 5.77. The van der Waals surface area contributed by atoms with Gasteiger partial charge >= 0.3 is 6.18 Å². The minimum atomic E-state index is -4.53. The van der Waals surface area contributed by atoms with Crippen LogP contribution in [-0.4, -0.2) is 11.0 Å². The van der Waals surface area contributed by atoms with Crippen molar-refractivity contribution in [1.82, 2.24) is 0 Å². The summed E-state index contributed by atoms with van der Waals surface area (Å²) in [6.07, 6.45) is -3.28. The van der Waals surface area contributed by atoms with E-state index in [1.165, 1.54) is 30.3 Å². The molecule has 0 aliphatic heterocycles. The quantitative estimate of drug-likeness (QED) is 0.567. The lowest BCUT2D eigenvalue weighted by Crippen LogP contribution is -2.14. The Morgan fingerprint density at radius 3 is 2.56 bits per heavy atom. The Labute approximate surface area is 149 Å². The first-order chi connectivity index (χ1) is 11.7. The number of nitrogens with zero attached hydrogens (tertiary/aromatic N) is 1. The molecule has 2 rings (SSSR count). The molecule has 0 unspecified atom stereocenters. The Bertz CT molecular complexity index is 886. The topological polar surface area (TPSA) is 73.1 Å². The molecule has 2 N–H and O–H groups in total. The number of nitrogens with one attached hydrogen (secondary N) is 1. The lowest BCUT2D eigenvalue weighted by molar-refractivity contribution is -0.137. The molecule has 0 bridgehead atoms. The molecule has 0 aliphatic carbocycles. The summed E-state index contributed by atoms with van der Waals surface area (Å²) in [6.45, 7) is 0. The number of rotatable bonds is 3. The Morgan fingerprint density at radius 1 is 1.24 bits per heavy atom. The number of amides is 1. The zero-order valence-corrected chi connectivity index (χ0v) is 14.0. The zero-order valence-electron chi connectivity index (χ0n) is 12.4. The average Bonchev–Trinajstić information content (AvgIpc) is 2.55. The second-order valence-electron chi connectivity index (χ2n) is 4.91. The van der Waals surface area contributed by atoms with Gasteiger partial charge < -0.3 is 10.4 Å². The second kappa shape index (κ2) is 7.40. The summed E-state index contributed by atoms with van der Waals surface area (Å²) >= 11 is 3.11. The van der Waals surface area contributed by atoms with E-state index >= 15 is 0 Å². The number of hydrogen-bond acceptors (Lipinski definition) is 3. The highest BCUT2D eigenvalue weighted by molar-refractivity contribution is 9.10. The van der Waals surface area contributed by atoms with E-state index < -0.39 is 17.6 Å². The standard InChI is InChI=1S/C17H10BrF3N2O2/c18-14-7-10(4-5-15(14)24)6-11(9-22)16(25)23-13-3-1-2-12(8-13)17(19,20)21/h1-8,24H,(H,23,25). The van der Waals surface area contributed by atoms with E-state index in [0.717, 1.165) is 18.2 Å². The van der Waals surface area contributed by atoms with E-state index in [4.69, 9.17) is 5.26 Å². The summed E-state index contributed by atoms with van der Waals surface area (Å²) in [6, 6.07) is 10.2. The predicted octanol–water partition coefficient (Wildman–Crippen LogP) is 4.72. The normalized spacial score (nSPS) is 11.7. The summed E-state index contributed by atoms with van der Waals surface area (Å²) in [5, 5.41) is 20.8. The summed E-state index contributed by atoms with van der Waals surface area (Å²) in [5.74, 6) is -0.852. The Hall–Kier alpha value is -2.79. The van der Waals surface area contributed by atoms with Gasteiger partial charge in [-0.25, -0.2) is 0 Å². The number of nitriles is 1. The van der Waals surface area contributed by atoms with Crippen LogP contribution in [0.15, 0.2) is 52.5 Å². The number of carbonyl (C=O) groups excluding carboxylic acids is 1. The third kappa shape index (κ3) is 4.84. The fourth-order valence-corrected chi connectivity index (χ4v) is 2.30. The van der Waals surface area contributed by atoms with Crippen molar-refractivity contribution in [3.05, 3.63) is 63.6 Å². The van der Waals surface area contributed by atoms with Gasteiger partial charge in [-0.1, -0.05) is 12.1 Å². The van der Waals surface area contributed by atoms with Crippen LogP contribution in [0.3, 0.4) is 0 Å². The molecule has 2 aromatic carbocycles. The van der Waals surface area contributed by atoms with Crippen LogP contribution >= 0.6 is 15.9 Å². The molecule has 25 heavy (non-hydrogen) atoms. The van der Waals surface area contributed by atoms with Gasteiger partial charge in [-0.3, -0.25) is 4.79 Å². The first kappa shape index (κ1) is 18.5. The van der Waals surface area contributed by atoms with Gasteiger partial charge in [-0.05, 0) is 57.9 Å². The lowest BCUT2D eigenvalue weighted by atomic mass is 10.1. The minimum Gasteiger partial charge on any atom is -0.507 e. The highest BCUT2D eigenvalue weighted by Gasteiger charge is 2.30. The van der Waals surface area contributed by atoms with Crippen molar-refractivity contribution in [3.63, 3.8) is 0 Å². The van der Waals surface area contributed by atoms with Gasteiger partial charge in [-0.2, -0.15) is 18.4 Å². The van der Waals surface area contributed by atoms with Gasteiger partial charge in [0.15, 0.2) is 0 Å². The first-order valence-corrected chi connectivity index (χ1v) is 7.59.